The fourth-order valence-electron chi connectivity index (χ4n) is 5.37. The third kappa shape index (κ3) is 3.68. The maximum atomic E-state index is 13.7. The molecule has 2 heterocycles. The molecule has 2 N–H and O–H groups in total. The second-order valence-electron chi connectivity index (χ2n) is 9.42. The second kappa shape index (κ2) is 8.23. The van der Waals surface area contributed by atoms with Crippen LogP contribution < -0.4 is 10.2 Å². The molecule has 0 aromatic heterocycles. The lowest BCUT2D eigenvalue weighted by atomic mass is 9.75. The van der Waals surface area contributed by atoms with Gasteiger partial charge in [-0.3, -0.25) is 19.7 Å². The number of benzene rings is 2. The zero-order chi connectivity index (χ0) is 25.0. The van der Waals surface area contributed by atoms with Crippen LogP contribution in [0.15, 0.2) is 48.5 Å². The summed E-state index contributed by atoms with van der Waals surface area (Å²) in [6, 6.07) is 10.1. The van der Waals surface area contributed by atoms with Crippen molar-refractivity contribution in [3.8, 4) is 0 Å². The number of amides is 2. The number of carboxylic acid groups (broad SMARTS) is 1. The summed E-state index contributed by atoms with van der Waals surface area (Å²) in [5.41, 5.74) is -1.60. The van der Waals surface area contributed by atoms with Crippen molar-refractivity contribution in [1.82, 2.24) is 5.32 Å². The molecule has 0 bridgehead atoms. The number of anilines is 1. The summed E-state index contributed by atoms with van der Waals surface area (Å²) >= 11 is 0. The van der Waals surface area contributed by atoms with E-state index in [-0.39, 0.29) is 17.9 Å². The Morgan fingerprint density at radius 3 is 2.38 bits per heavy atom. The average molecular weight is 474 g/mol. The Balaban J connectivity index is 1.89. The standard InChI is InChI=1S/C25H25F3N2O4/c1-13(2)12-24(23(33)34)19-18(20(29-24)15-8-6-9-16(11-15)25(26,27)28)21(31)30(22(19)32)17-10-5-4-7-14(17)3/h4-11,13,18-20,29H,12H2,1-3H3,(H,33,34). The summed E-state index contributed by atoms with van der Waals surface area (Å²) in [6.07, 6.45) is -4.59. The number of aliphatic carboxylic acids is 1. The summed E-state index contributed by atoms with van der Waals surface area (Å²) in [5.74, 6) is -5.18. The maximum absolute atomic E-state index is 13.7. The molecular formula is C25H25F3N2O4. The lowest BCUT2D eigenvalue weighted by molar-refractivity contribution is -0.149. The van der Waals surface area contributed by atoms with Gasteiger partial charge in [-0.2, -0.15) is 13.2 Å². The molecule has 4 rings (SSSR count). The fraction of sp³-hybridized carbons (Fsp3) is 0.400. The Morgan fingerprint density at radius 2 is 1.79 bits per heavy atom. The quantitative estimate of drug-likeness (QED) is 0.630. The highest BCUT2D eigenvalue weighted by Crippen LogP contribution is 2.52. The molecule has 2 saturated heterocycles. The van der Waals surface area contributed by atoms with Crippen molar-refractivity contribution in [2.75, 3.05) is 4.90 Å². The number of imide groups is 1. The topological polar surface area (TPSA) is 86.7 Å². The number of carbonyl (C=O) groups excluding carboxylic acids is 2. The van der Waals surface area contributed by atoms with Gasteiger partial charge in [0.25, 0.3) is 0 Å². The van der Waals surface area contributed by atoms with Crippen molar-refractivity contribution in [2.24, 2.45) is 17.8 Å². The molecule has 4 atom stereocenters. The molecule has 0 aliphatic carbocycles. The summed E-state index contributed by atoms with van der Waals surface area (Å²) in [7, 11) is 0. The number of nitrogens with one attached hydrogen (secondary N) is 1. The molecule has 180 valence electrons. The predicted molar refractivity (Wildman–Crippen MR) is 118 cm³/mol. The Hall–Kier alpha value is -3.20. The van der Waals surface area contributed by atoms with Gasteiger partial charge in [-0.15, -0.1) is 0 Å². The smallest absolute Gasteiger partial charge is 0.416 e. The molecule has 2 aliphatic rings. The summed E-state index contributed by atoms with van der Waals surface area (Å²) in [4.78, 5) is 41.0. The Bertz CT molecular complexity index is 1160. The molecule has 2 aromatic rings. The van der Waals surface area contributed by atoms with Crippen LogP contribution in [0.2, 0.25) is 0 Å². The Morgan fingerprint density at radius 1 is 1.12 bits per heavy atom. The molecule has 2 fully saturated rings. The van der Waals surface area contributed by atoms with E-state index in [1.54, 1.807) is 45.0 Å². The number of hydrogen-bond donors (Lipinski definition) is 2. The molecule has 2 aliphatic heterocycles. The zero-order valence-electron chi connectivity index (χ0n) is 18.9. The van der Waals surface area contributed by atoms with Crippen LogP contribution in [0.25, 0.3) is 0 Å². The molecule has 0 saturated carbocycles. The van der Waals surface area contributed by atoms with Crippen LogP contribution in [0.3, 0.4) is 0 Å². The van der Waals surface area contributed by atoms with Crippen LogP contribution >= 0.6 is 0 Å². The fourth-order valence-corrected chi connectivity index (χ4v) is 5.37. The lowest BCUT2D eigenvalue weighted by Crippen LogP contribution is -2.56. The highest BCUT2D eigenvalue weighted by Gasteiger charge is 2.68. The van der Waals surface area contributed by atoms with E-state index in [9.17, 15) is 32.7 Å². The predicted octanol–water partition coefficient (Wildman–Crippen LogP) is 4.33. The van der Waals surface area contributed by atoms with Gasteiger partial charge in [0.2, 0.25) is 11.8 Å². The van der Waals surface area contributed by atoms with Gasteiger partial charge >= 0.3 is 12.1 Å². The number of rotatable bonds is 5. The number of carbonyl (C=O) groups is 3. The van der Waals surface area contributed by atoms with Gasteiger partial charge in [0.15, 0.2) is 0 Å². The van der Waals surface area contributed by atoms with Crippen LogP contribution in [-0.4, -0.2) is 28.4 Å². The third-order valence-electron chi connectivity index (χ3n) is 6.70. The van der Waals surface area contributed by atoms with E-state index in [4.69, 9.17) is 0 Å². The van der Waals surface area contributed by atoms with Crippen molar-refractivity contribution < 1.29 is 32.7 Å². The van der Waals surface area contributed by atoms with Crippen LogP contribution in [-0.2, 0) is 20.6 Å². The average Bonchev–Trinajstić information content (AvgIpc) is 3.22. The van der Waals surface area contributed by atoms with Gasteiger partial charge in [0.1, 0.15) is 5.54 Å². The number of alkyl halides is 3. The van der Waals surface area contributed by atoms with E-state index in [2.05, 4.69) is 5.32 Å². The number of aryl methyl sites for hydroxylation is 1. The van der Waals surface area contributed by atoms with Crippen LogP contribution in [0.1, 0.15) is 43.0 Å². The first-order chi connectivity index (χ1) is 15.9. The van der Waals surface area contributed by atoms with Gasteiger partial charge in [-0.1, -0.05) is 44.2 Å². The minimum absolute atomic E-state index is 0.0274. The molecule has 6 nitrogen and oxygen atoms in total. The molecule has 0 spiro atoms. The van der Waals surface area contributed by atoms with E-state index < -0.39 is 52.9 Å². The normalized spacial score (nSPS) is 26.9. The molecule has 4 unspecified atom stereocenters. The second-order valence-corrected chi connectivity index (χ2v) is 9.42. The molecule has 0 radical (unpaired) electrons. The van der Waals surface area contributed by atoms with Crippen molar-refractivity contribution >= 4 is 23.5 Å². The summed E-state index contributed by atoms with van der Waals surface area (Å²) in [6.45, 7) is 5.31. The van der Waals surface area contributed by atoms with Crippen LogP contribution in [0.5, 0.6) is 0 Å². The molecule has 2 amide bonds. The Labute approximate surface area is 194 Å². The first kappa shape index (κ1) is 23.9. The minimum atomic E-state index is -4.61. The summed E-state index contributed by atoms with van der Waals surface area (Å²) < 4.78 is 40.2. The van der Waals surface area contributed by atoms with Crippen LogP contribution in [0, 0.1) is 24.7 Å². The van der Waals surface area contributed by atoms with E-state index in [1.165, 1.54) is 12.1 Å². The number of nitrogens with zero attached hydrogens (tertiary/aromatic N) is 1. The number of halogens is 3. The third-order valence-corrected chi connectivity index (χ3v) is 6.70. The van der Waals surface area contributed by atoms with Crippen molar-refractivity contribution in [3.63, 3.8) is 0 Å². The molecule has 9 heteroatoms. The van der Waals surface area contributed by atoms with Gasteiger partial charge in [-0.25, -0.2) is 4.90 Å². The number of carboxylic acids is 1. The molecular weight excluding hydrogens is 449 g/mol. The summed E-state index contributed by atoms with van der Waals surface area (Å²) in [5, 5.41) is 13.2. The van der Waals surface area contributed by atoms with Gasteiger partial charge in [0.05, 0.1) is 23.1 Å². The molecule has 34 heavy (non-hydrogen) atoms. The van der Waals surface area contributed by atoms with E-state index in [1.807, 2.05) is 0 Å². The van der Waals surface area contributed by atoms with Crippen LogP contribution in [0.4, 0.5) is 18.9 Å². The van der Waals surface area contributed by atoms with E-state index in [0.29, 0.717) is 11.3 Å². The highest BCUT2D eigenvalue weighted by molar-refractivity contribution is 6.24. The van der Waals surface area contributed by atoms with Gasteiger partial charge in [0, 0.05) is 6.04 Å². The monoisotopic (exact) mass is 474 g/mol. The van der Waals surface area contributed by atoms with Crippen molar-refractivity contribution in [1.29, 1.82) is 0 Å². The highest BCUT2D eigenvalue weighted by atomic mass is 19.4. The van der Waals surface area contributed by atoms with Crippen molar-refractivity contribution in [2.45, 2.75) is 44.9 Å². The minimum Gasteiger partial charge on any atom is -0.480 e. The zero-order valence-corrected chi connectivity index (χ0v) is 18.9. The first-order valence-electron chi connectivity index (χ1n) is 11.0. The largest absolute Gasteiger partial charge is 0.480 e. The SMILES string of the molecule is Cc1ccccc1N1C(=O)C2C(c3cccc(C(F)(F)F)c3)NC(CC(C)C)(C(=O)O)C2C1=O. The lowest BCUT2D eigenvalue weighted by Gasteiger charge is -2.32. The van der Waals surface area contributed by atoms with E-state index >= 15 is 0 Å². The Kier molecular flexibility index (Phi) is 5.80. The molecule has 2 aromatic carbocycles. The number of fused-ring (bicyclic) bond motifs is 1. The number of para-hydroxylation sites is 1. The first-order valence-corrected chi connectivity index (χ1v) is 11.0. The van der Waals surface area contributed by atoms with Gasteiger partial charge in [-0.05, 0) is 48.6 Å². The van der Waals surface area contributed by atoms with E-state index in [0.717, 1.165) is 17.0 Å². The number of hydrogen-bond acceptors (Lipinski definition) is 4. The van der Waals surface area contributed by atoms with Gasteiger partial charge < -0.3 is 5.11 Å². The maximum Gasteiger partial charge on any atom is 0.416 e. The van der Waals surface area contributed by atoms with Crippen molar-refractivity contribution in [3.05, 3.63) is 65.2 Å².